The van der Waals surface area contributed by atoms with Crippen LogP contribution in [-0.4, -0.2) is 23.4 Å². The van der Waals surface area contributed by atoms with Crippen molar-refractivity contribution in [3.05, 3.63) is 27.7 Å². The molecule has 0 radical (unpaired) electrons. The van der Waals surface area contributed by atoms with Crippen molar-refractivity contribution in [3.63, 3.8) is 0 Å². The maximum atomic E-state index is 12.7. The average molecular weight is 360 g/mol. The molecular weight excluding hydrogens is 344 g/mol. The molecule has 6 heteroatoms. The van der Waals surface area contributed by atoms with Gasteiger partial charge in [-0.2, -0.15) is 0 Å². The fraction of sp³-hybridized carbons (Fsp3) is 0.429. The monoisotopic (exact) mass is 358 g/mol. The van der Waals surface area contributed by atoms with Crippen LogP contribution in [0.4, 0.5) is 5.69 Å². The fourth-order valence-electron chi connectivity index (χ4n) is 2.22. The zero-order valence-corrected chi connectivity index (χ0v) is 13.9. The first kappa shape index (κ1) is 15.3. The number of rotatable bonds is 2. The molecule has 1 aliphatic rings. The van der Waals surface area contributed by atoms with E-state index in [-0.39, 0.29) is 11.8 Å². The van der Waals surface area contributed by atoms with E-state index in [1.165, 1.54) is 4.90 Å². The highest BCUT2D eigenvalue weighted by Gasteiger charge is 2.46. The number of halogens is 2. The zero-order valence-electron chi connectivity index (χ0n) is 11.5. The summed E-state index contributed by atoms with van der Waals surface area (Å²) in [5.41, 5.74) is -0.218. The van der Waals surface area contributed by atoms with Gasteiger partial charge >= 0.3 is 0 Å². The number of benzene rings is 1. The van der Waals surface area contributed by atoms with Crippen molar-refractivity contribution in [1.29, 1.82) is 0 Å². The summed E-state index contributed by atoms with van der Waals surface area (Å²) in [4.78, 5) is 26.4. The predicted molar refractivity (Wildman–Crippen MR) is 82.9 cm³/mol. The van der Waals surface area contributed by atoms with Gasteiger partial charge in [0, 0.05) is 9.50 Å². The molecule has 0 aromatic heterocycles. The molecule has 1 aromatic carbocycles. The highest BCUT2D eigenvalue weighted by molar-refractivity contribution is 9.10. The van der Waals surface area contributed by atoms with Crippen molar-refractivity contribution >= 4 is 45.0 Å². The van der Waals surface area contributed by atoms with Gasteiger partial charge in [0.05, 0.1) is 5.69 Å². The highest BCUT2D eigenvalue weighted by atomic mass is 79.9. The molecule has 1 fully saturated rings. The van der Waals surface area contributed by atoms with Crippen LogP contribution < -0.4 is 10.2 Å². The molecule has 108 valence electrons. The summed E-state index contributed by atoms with van der Waals surface area (Å²) < 4.78 is 0.693. The van der Waals surface area contributed by atoms with E-state index in [0.717, 1.165) is 0 Å². The highest BCUT2D eigenvalue weighted by Crippen LogP contribution is 2.34. The van der Waals surface area contributed by atoms with Crippen LogP contribution in [0.15, 0.2) is 22.7 Å². The third kappa shape index (κ3) is 2.44. The normalized spacial score (nSPS) is 26.6. The second kappa shape index (κ2) is 5.37. The average Bonchev–Trinajstić information content (AvgIpc) is 2.39. The Labute approximate surface area is 131 Å². The maximum Gasteiger partial charge on any atom is 0.253 e. The lowest BCUT2D eigenvalue weighted by atomic mass is 9.92. The van der Waals surface area contributed by atoms with E-state index in [2.05, 4.69) is 21.2 Å². The van der Waals surface area contributed by atoms with Gasteiger partial charge in [0.15, 0.2) is 0 Å². The summed E-state index contributed by atoms with van der Waals surface area (Å²) in [6.45, 7) is 5.34. The van der Waals surface area contributed by atoms with E-state index in [1.54, 1.807) is 32.0 Å². The SMILES string of the molecule is CCC1(C)NC(=O)C(C)N(c2ccc(Cl)cc2Br)C1=O. The van der Waals surface area contributed by atoms with Crippen LogP contribution in [-0.2, 0) is 9.59 Å². The summed E-state index contributed by atoms with van der Waals surface area (Å²) in [6, 6.07) is 4.61. The lowest BCUT2D eigenvalue weighted by molar-refractivity contribution is -0.137. The van der Waals surface area contributed by atoms with Crippen LogP contribution in [0.3, 0.4) is 0 Å². The largest absolute Gasteiger partial charge is 0.340 e. The van der Waals surface area contributed by atoms with Crippen molar-refractivity contribution in [2.75, 3.05) is 4.90 Å². The molecule has 2 atom stereocenters. The van der Waals surface area contributed by atoms with Crippen LogP contribution in [0.5, 0.6) is 0 Å². The van der Waals surface area contributed by atoms with E-state index < -0.39 is 11.6 Å². The van der Waals surface area contributed by atoms with E-state index >= 15 is 0 Å². The van der Waals surface area contributed by atoms with Gasteiger partial charge in [-0.3, -0.25) is 14.5 Å². The first-order valence-corrected chi connectivity index (χ1v) is 7.58. The fourth-order valence-corrected chi connectivity index (χ4v) is 3.10. The lowest BCUT2D eigenvalue weighted by Crippen LogP contribution is -2.68. The maximum absolute atomic E-state index is 12.7. The summed E-state index contributed by atoms with van der Waals surface area (Å²) >= 11 is 9.33. The molecule has 1 heterocycles. The van der Waals surface area contributed by atoms with Gasteiger partial charge in [-0.05, 0) is 54.4 Å². The first-order chi connectivity index (χ1) is 9.30. The smallest absolute Gasteiger partial charge is 0.253 e. The number of amides is 2. The van der Waals surface area contributed by atoms with Crippen LogP contribution >= 0.6 is 27.5 Å². The predicted octanol–water partition coefficient (Wildman–Crippen LogP) is 3.12. The van der Waals surface area contributed by atoms with Gasteiger partial charge in [0.2, 0.25) is 5.91 Å². The molecule has 2 amide bonds. The minimum absolute atomic E-state index is 0.116. The Balaban J connectivity index is 2.51. The minimum atomic E-state index is -0.872. The molecule has 20 heavy (non-hydrogen) atoms. The zero-order chi connectivity index (χ0) is 15.1. The molecule has 2 rings (SSSR count). The third-order valence-electron chi connectivity index (χ3n) is 3.73. The van der Waals surface area contributed by atoms with Crippen LogP contribution in [0.1, 0.15) is 27.2 Å². The van der Waals surface area contributed by atoms with E-state index in [9.17, 15) is 9.59 Å². The number of piperazine rings is 1. The molecule has 0 spiro atoms. The second-order valence-electron chi connectivity index (χ2n) is 5.12. The van der Waals surface area contributed by atoms with Crippen molar-refractivity contribution in [2.24, 2.45) is 0 Å². The molecule has 1 aromatic rings. The summed E-state index contributed by atoms with van der Waals surface area (Å²) in [5.74, 6) is -0.272. The van der Waals surface area contributed by atoms with Gasteiger partial charge in [-0.25, -0.2) is 0 Å². The Morgan fingerprint density at radius 2 is 2.10 bits per heavy atom. The Hall–Kier alpha value is -1.07. The number of hydrogen-bond acceptors (Lipinski definition) is 2. The summed E-state index contributed by atoms with van der Waals surface area (Å²) in [6.07, 6.45) is 0.534. The first-order valence-electron chi connectivity index (χ1n) is 6.41. The molecule has 4 nitrogen and oxygen atoms in total. The van der Waals surface area contributed by atoms with E-state index in [4.69, 9.17) is 11.6 Å². The number of anilines is 1. The van der Waals surface area contributed by atoms with Gasteiger partial charge in [0.25, 0.3) is 5.91 Å². The third-order valence-corrected chi connectivity index (χ3v) is 4.60. The van der Waals surface area contributed by atoms with Gasteiger partial charge in [-0.15, -0.1) is 0 Å². The standard InChI is InChI=1S/C14H16BrClN2O2/c1-4-14(3)13(20)18(8(2)12(19)17-14)11-6-5-9(16)7-10(11)15/h5-8H,4H2,1-3H3,(H,17,19). The topological polar surface area (TPSA) is 49.4 Å². The Morgan fingerprint density at radius 3 is 2.65 bits per heavy atom. The van der Waals surface area contributed by atoms with Crippen LogP contribution in [0.2, 0.25) is 5.02 Å². The number of nitrogens with zero attached hydrogens (tertiary/aromatic N) is 1. The number of carbonyl (C=O) groups excluding carboxylic acids is 2. The summed E-state index contributed by atoms with van der Waals surface area (Å²) in [5, 5.41) is 3.37. The molecule has 1 aliphatic heterocycles. The second-order valence-corrected chi connectivity index (χ2v) is 6.41. The van der Waals surface area contributed by atoms with Gasteiger partial charge < -0.3 is 5.32 Å². The van der Waals surface area contributed by atoms with Crippen LogP contribution in [0, 0.1) is 0 Å². The molecular formula is C14H16BrClN2O2. The van der Waals surface area contributed by atoms with Crippen molar-refractivity contribution in [3.8, 4) is 0 Å². The van der Waals surface area contributed by atoms with Gasteiger partial charge in [0.1, 0.15) is 11.6 Å². The number of hydrogen-bond donors (Lipinski definition) is 1. The van der Waals surface area contributed by atoms with E-state index in [0.29, 0.717) is 21.6 Å². The Bertz CT molecular complexity index is 578. The Kier molecular flexibility index (Phi) is 4.12. The molecule has 1 N–H and O–H groups in total. The van der Waals surface area contributed by atoms with Crippen molar-refractivity contribution in [2.45, 2.75) is 38.8 Å². The van der Waals surface area contributed by atoms with Crippen molar-refractivity contribution in [1.82, 2.24) is 5.32 Å². The molecule has 0 bridgehead atoms. The Morgan fingerprint density at radius 1 is 1.45 bits per heavy atom. The molecule has 2 unspecified atom stereocenters. The minimum Gasteiger partial charge on any atom is -0.340 e. The van der Waals surface area contributed by atoms with E-state index in [1.807, 2.05) is 6.92 Å². The quantitative estimate of drug-likeness (QED) is 0.882. The molecule has 0 aliphatic carbocycles. The summed E-state index contributed by atoms with van der Waals surface area (Å²) in [7, 11) is 0. The number of carbonyl (C=O) groups is 2. The molecule has 1 saturated heterocycles. The van der Waals surface area contributed by atoms with Crippen molar-refractivity contribution < 1.29 is 9.59 Å². The van der Waals surface area contributed by atoms with Crippen LogP contribution in [0.25, 0.3) is 0 Å². The molecule has 0 saturated carbocycles. The lowest BCUT2D eigenvalue weighted by Gasteiger charge is -2.43. The number of nitrogens with one attached hydrogen (secondary N) is 1. The van der Waals surface area contributed by atoms with Gasteiger partial charge in [-0.1, -0.05) is 18.5 Å².